The molecular weight excluding hydrogens is 448 g/mol. The molecule has 0 radical (unpaired) electrons. The molecule has 2 heterocycles. The van der Waals surface area contributed by atoms with Crippen LogP contribution in [0.3, 0.4) is 0 Å². The Labute approximate surface area is 207 Å². The fourth-order valence-corrected chi connectivity index (χ4v) is 4.12. The zero-order valence-corrected chi connectivity index (χ0v) is 19.2. The summed E-state index contributed by atoms with van der Waals surface area (Å²) >= 11 is 0. The van der Waals surface area contributed by atoms with E-state index in [0.29, 0.717) is 34.5 Å². The predicted molar refractivity (Wildman–Crippen MR) is 143 cm³/mol. The van der Waals surface area contributed by atoms with E-state index in [2.05, 4.69) is 15.2 Å². The highest BCUT2D eigenvalue weighted by atomic mass is 16.5. The van der Waals surface area contributed by atoms with Crippen molar-refractivity contribution in [2.45, 2.75) is 0 Å². The van der Waals surface area contributed by atoms with Gasteiger partial charge in [0.2, 0.25) is 0 Å². The van der Waals surface area contributed by atoms with Crippen LogP contribution in [0.2, 0.25) is 0 Å². The molecule has 0 aliphatic heterocycles. The van der Waals surface area contributed by atoms with Crippen LogP contribution in [0.1, 0.15) is 0 Å². The van der Waals surface area contributed by atoms with Crippen molar-refractivity contribution >= 4 is 22.3 Å². The van der Waals surface area contributed by atoms with E-state index in [1.165, 1.54) is 0 Å². The summed E-state index contributed by atoms with van der Waals surface area (Å²) < 4.78 is 8.20. The summed E-state index contributed by atoms with van der Waals surface area (Å²) in [6, 6.07) is 32.8. The Hall–Kier alpha value is -5.17. The van der Waals surface area contributed by atoms with E-state index in [-0.39, 0.29) is 0 Å². The molecular formula is C29H22N6O. The van der Waals surface area contributed by atoms with E-state index in [1.54, 1.807) is 6.20 Å². The summed E-state index contributed by atoms with van der Waals surface area (Å²) in [6.07, 6.45) is 1.77. The maximum Gasteiger partial charge on any atom is 0.168 e. The number of anilines is 2. The van der Waals surface area contributed by atoms with Crippen LogP contribution in [-0.2, 0) is 0 Å². The van der Waals surface area contributed by atoms with Gasteiger partial charge in [0.15, 0.2) is 17.4 Å². The highest BCUT2D eigenvalue weighted by Gasteiger charge is 2.17. The molecule has 0 saturated heterocycles. The van der Waals surface area contributed by atoms with Crippen molar-refractivity contribution in [3.8, 4) is 40.0 Å². The van der Waals surface area contributed by atoms with Crippen molar-refractivity contribution in [3.63, 3.8) is 0 Å². The van der Waals surface area contributed by atoms with Gasteiger partial charge < -0.3 is 16.2 Å². The van der Waals surface area contributed by atoms with Gasteiger partial charge in [0.05, 0.1) is 0 Å². The average Bonchev–Trinajstić information content (AvgIpc) is 3.35. The van der Waals surface area contributed by atoms with Crippen molar-refractivity contribution in [3.05, 3.63) is 109 Å². The molecule has 4 aromatic carbocycles. The Morgan fingerprint density at radius 2 is 1.19 bits per heavy atom. The van der Waals surface area contributed by atoms with Gasteiger partial charge in [-0.1, -0.05) is 18.2 Å². The quantitative estimate of drug-likeness (QED) is 0.295. The first-order valence-electron chi connectivity index (χ1n) is 11.4. The number of benzene rings is 4. The largest absolute Gasteiger partial charge is 0.455 e. The zero-order valence-electron chi connectivity index (χ0n) is 19.2. The van der Waals surface area contributed by atoms with Gasteiger partial charge in [0.1, 0.15) is 11.3 Å². The van der Waals surface area contributed by atoms with Crippen molar-refractivity contribution in [1.82, 2.24) is 19.7 Å². The van der Waals surface area contributed by atoms with E-state index < -0.39 is 0 Å². The first-order chi connectivity index (χ1) is 17.7. The van der Waals surface area contributed by atoms with Crippen LogP contribution >= 0.6 is 0 Å². The number of para-hydroxylation sites is 1. The van der Waals surface area contributed by atoms with Gasteiger partial charge in [-0.05, 0) is 84.9 Å². The number of pyridine rings is 1. The Morgan fingerprint density at radius 1 is 0.611 bits per heavy atom. The molecule has 0 aliphatic carbocycles. The number of nitrogens with zero attached hydrogens (tertiary/aromatic N) is 4. The lowest BCUT2D eigenvalue weighted by molar-refractivity contribution is 0.487. The molecule has 4 N–H and O–H groups in total. The number of nitrogens with two attached hydrogens (primary N) is 2. The second-order valence-corrected chi connectivity index (χ2v) is 8.35. The van der Waals surface area contributed by atoms with Crippen molar-refractivity contribution in [1.29, 1.82) is 0 Å². The summed E-state index contributed by atoms with van der Waals surface area (Å²) in [5.41, 5.74) is 16.7. The molecule has 0 unspecified atom stereocenters. The number of hydrogen-bond acceptors (Lipinski definition) is 6. The molecule has 174 valence electrons. The van der Waals surface area contributed by atoms with Crippen LogP contribution in [-0.4, -0.2) is 19.7 Å². The lowest BCUT2D eigenvalue weighted by Gasteiger charge is -2.13. The fraction of sp³-hybridized carbons (Fsp3) is 0. The molecule has 0 spiro atoms. The third-order valence-corrected chi connectivity index (χ3v) is 5.92. The Kier molecular flexibility index (Phi) is 5.27. The Morgan fingerprint density at radius 3 is 1.81 bits per heavy atom. The van der Waals surface area contributed by atoms with Crippen molar-refractivity contribution in [2.24, 2.45) is 0 Å². The molecule has 0 amide bonds. The van der Waals surface area contributed by atoms with E-state index in [4.69, 9.17) is 16.2 Å². The van der Waals surface area contributed by atoms with Gasteiger partial charge in [-0.15, -0.1) is 10.2 Å². The molecule has 0 bridgehead atoms. The standard InChI is InChI=1S/C29H22N6O/c30-22-10-6-20(7-11-22)28-33-34-29(21-8-12-23(31)13-9-21)35(28)24-14-16-25(17-15-24)36-26-5-1-3-19-4-2-18-32-27(19)26/h1-18H,30-31H2. The number of nitrogen functional groups attached to an aromatic ring is 2. The van der Waals surface area contributed by atoms with Crippen LogP contribution in [0.4, 0.5) is 11.4 Å². The molecule has 7 heteroatoms. The molecule has 6 rings (SSSR count). The van der Waals surface area contributed by atoms with Crippen LogP contribution in [0.5, 0.6) is 11.5 Å². The molecule has 6 aromatic rings. The van der Waals surface area contributed by atoms with E-state index in [0.717, 1.165) is 27.7 Å². The SMILES string of the molecule is Nc1ccc(-c2nnc(-c3ccc(N)cc3)n2-c2ccc(Oc3cccc4cccnc34)cc2)cc1. The lowest BCUT2D eigenvalue weighted by atomic mass is 10.1. The second-order valence-electron chi connectivity index (χ2n) is 8.35. The summed E-state index contributed by atoms with van der Waals surface area (Å²) in [5.74, 6) is 2.81. The Bertz CT molecular complexity index is 1590. The van der Waals surface area contributed by atoms with Gasteiger partial charge in [0, 0.05) is 39.8 Å². The normalized spacial score (nSPS) is 11.0. The summed E-state index contributed by atoms with van der Waals surface area (Å²) in [7, 11) is 0. The fourth-order valence-electron chi connectivity index (χ4n) is 4.12. The lowest BCUT2D eigenvalue weighted by Crippen LogP contribution is -2.01. The maximum absolute atomic E-state index is 6.19. The highest BCUT2D eigenvalue weighted by Crippen LogP contribution is 2.32. The monoisotopic (exact) mass is 470 g/mol. The second kappa shape index (κ2) is 8.88. The van der Waals surface area contributed by atoms with Crippen molar-refractivity contribution < 1.29 is 4.74 Å². The third kappa shape index (κ3) is 3.99. The van der Waals surface area contributed by atoms with E-state index in [9.17, 15) is 0 Å². The maximum atomic E-state index is 6.19. The topological polar surface area (TPSA) is 105 Å². The van der Waals surface area contributed by atoms with Crippen LogP contribution in [0.15, 0.2) is 109 Å². The van der Waals surface area contributed by atoms with E-state index in [1.807, 2.05) is 108 Å². The molecule has 2 aromatic heterocycles. The smallest absolute Gasteiger partial charge is 0.168 e. The van der Waals surface area contributed by atoms with Gasteiger partial charge in [-0.2, -0.15) is 0 Å². The Balaban J connectivity index is 1.41. The third-order valence-electron chi connectivity index (χ3n) is 5.92. The minimum absolute atomic E-state index is 0.688. The first kappa shape index (κ1) is 21.4. The van der Waals surface area contributed by atoms with E-state index >= 15 is 0 Å². The predicted octanol–water partition coefficient (Wildman–Crippen LogP) is 6.11. The highest BCUT2D eigenvalue weighted by molar-refractivity contribution is 5.84. The molecule has 0 saturated carbocycles. The zero-order chi connectivity index (χ0) is 24.5. The summed E-state index contributed by atoms with van der Waals surface area (Å²) in [5, 5.41) is 10.1. The summed E-state index contributed by atoms with van der Waals surface area (Å²) in [4.78, 5) is 4.47. The number of rotatable bonds is 5. The molecule has 0 aliphatic rings. The van der Waals surface area contributed by atoms with Crippen LogP contribution in [0.25, 0.3) is 39.4 Å². The molecule has 0 fully saturated rings. The average molecular weight is 471 g/mol. The summed E-state index contributed by atoms with van der Waals surface area (Å²) in [6.45, 7) is 0. The van der Waals surface area contributed by atoms with Crippen LogP contribution < -0.4 is 16.2 Å². The minimum Gasteiger partial charge on any atom is -0.455 e. The number of aromatic nitrogens is 4. The molecule has 0 atom stereocenters. The molecule has 36 heavy (non-hydrogen) atoms. The van der Waals surface area contributed by atoms with Crippen LogP contribution in [0, 0.1) is 0 Å². The minimum atomic E-state index is 0.688. The van der Waals surface area contributed by atoms with Gasteiger partial charge >= 0.3 is 0 Å². The molecule has 7 nitrogen and oxygen atoms in total. The number of hydrogen-bond donors (Lipinski definition) is 2. The van der Waals surface area contributed by atoms with Crippen molar-refractivity contribution in [2.75, 3.05) is 11.5 Å². The number of ether oxygens (including phenoxy) is 1. The van der Waals surface area contributed by atoms with Gasteiger partial charge in [0.25, 0.3) is 0 Å². The van der Waals surface area contributed by atoms with Gasteiger partial charge in [-0.3, -0.25) is 9.55 Å². The van der Waals surface area contributed by atoms with Gasteiger partial charge in [-0.25, -0.2) is 0 Å². The first-order valence-corrected chi connectivity index (χ1v) is 11.4. The number of fused-ring (bicyclic) bond motifs is 1.